The Labute approximate surface area is 196 Å². The van der Waals surface area contributed by atoms with Crippen LogP contribution in [-0.4, -0.2) is 4.98 Å². The van der Waals surface area contributed by atoms with Gasteiger partial charge in [0, 0.05) is 28.1 Å². The van der Waals surface area contributed by atoms with E-state index in [1.807, 2.05) is 6.20 Å². The van der Waals surface area contributed by atoms with Gasteiger partial charge in [0.1, 0.15) is 11.2 Å². The number of benzene rings is 3. The molecule has 0 amide bonds. The van der Waals surface area contributed by atoms with Crippen molar-refractivity contribution in [2.75, 3.05) is 0 Å². The minimum absolute atomic E-state index is 0.243. The fourth-order valence-corrected chi connectivity index (χ4v) is 4.82. The van der Waals surface area contributed by atoms with Gasteiger partial charge in [0.05, 0.1) is 5.69 Å². The predicted molar refractivity (Wildman–Crippen MR) is 140 cm³/mol. The Morgan fingerprint density at radius 2 is 1.61 bits per heavy atom. The van der Waals surface area contributed by atoms with Crippen LogP contribution in [0.2, 0.25) is 0 Å². The van der Waals surface area contributed by atoms with Crippen molar-refractivity contribution in [3.05, 3.63) is 90.1 Å². The maximum atomic E-state index is 6.47. The van der Waals surface area contributed by atoms with E-state index in [2.05, 4.69) is 112 Å². The number of furan rings is 1. The largest absolute Gasteiger partial charge is 0.456 e. The maximum absolute atomic E-state index is 6.47. The Morgan fingerprint density at radius 3 is 2.33 bits per heavy atom. The third-order valence-corrected chi connectivity index (χ3v) is 6.19. The number of rotatable bonds is 4. The highest BCUT2D eigenvalue weighted by Gasteiger charge is 2.19. The van der Waals surface area contributed by atoms with E-state index in [9.17, 15) is 0 Å². The van der Waals surface area contributed by atoms with E-state index in [4.69, 9.17) is 4.42 Å². The van der Waals surface area contributed by atoms with Gasteiger partial charge in [0.15, 0.2) is 0 Å². The molecule has 2 heteroatoms. The molecule has 3 aromatic carbocycles. The minimum atomic E-state index is 0.243. The van der Waals surface area contributed by atoms with Gasteiger partial charge in [0.2, 0.25) is 0 Å². The summed E-state index contributed by atoms with van der Waals surface area (Å²) in [6.45, 7) is 11.3. The van der Waals surface area contributed by atoms with Crippen LogP contribution in [0.3, 0.4) is 0 Å². The molecule has 0 saturated carbocycles. The number of hydrogen-bond donors (Lipinski definition) is 0. The van der Waals surface area contributed by atoms with Gasteiger partial charge >= 0.3 is 0 Å². The van der Waals surface area contributed by atoms with Crippen molar-refractivity contribution in [1.82, 2.24) is 4.98 Å². The number of nitrogens with zero attached hydrogens (tertiary/aromatic N) is 1. The molecule has 5 rings (SSSR count). The summed E-state index contributed by atoms with van der Waals surface area (Å²) < 4.78 is 6.47. The highest BCUT2D eigenvalue weighted by Crippen LogP contribution is 2.40. The Morgan fingerprint density at radius 1 is 0.818 bits per heavy atom. The zero-order valence-corrected chi connectivity index (χ0v) is 20.1. The van der Waals surface area contributed by atoms with E-state index in [0.717, 1.165) is 34.2 Å². The smallest absolute Gasteiger partial charge is 0.139 e. The lowest BCUT2D eigenvalue weighted by Gasteiger charge is -2.18. The summed E-state index contributed by atoms with van der Waals surface area (Å²) in [6, 6.07) is 25.8. The Kier molecular flexibility index (Phi) is 5.32. The number of pyridine rings is 1. The van der Waals surface area contributed by atoms with Gasteiger partial charge in [-0.25, -0.2) is 0 Å². The van der Waals surface area contributed by atoms with Gasteiger partial charge in [0.25, 0.3) is 0 Å². The first-order chi connectivity index (χ1) is 15.8. The van der Waals surface area contributed by atoms with Crippen LogP contribution in [0, 0.1) is 5.41 Å². The van der Waals surface area contributed by atoms with E-state index in [1.165, 1.54) is 27.6 Å². The average molecular weight is 434 g/mol. The molecule has 0 radical (unpaired) electrons. The minimum Gasteiger partial charge on any atom is -0.456 e. The number of fused-ring (bicyclic) bond motifs is 3. The molecule has 166 valence electrons. The summed E-state index contributed by atoms with van der Waals surface area (Å²) >= 11 is 0. The summed E-state index contributed by atoms with van der Waals surface area (Å²) in [5.74, 6) is 0.347. The topological polar surface area (TPSA) is 26.0 Å². The zero-order valence-electron chi connectivity index (χ0n) is 20.1. The summed E-state index contributed by atoms with van der Waals surface area (Å²) in [7, 11) is 0. The SMILES string of the molecule is CC(C)c1c(-c2ccccc2)ccc2c1oc1ccc(-c3cc(CC(C)(C)C)ccn3)cc12. The molecule has 0 aliphatic rings. The van der Waals surface area contributed by atoms with Crippen LogP contribution in [-0.2, 0) is 6.42 Å². The molecule has 0 atom stereocenters. The van der Waals surface area contributed by atoms with Crippen LogP contribution >= 0.6 is 0 Å². The van der Waals surface area contributed by atoms with Crippen molar-refractivity contribution in [3.8, 4) is 22.4 Å². The van der Waals surface area contributed by atoms with Gasteiger partial charge in [-0.3, -0.25) is 4.98 Å². The predicted octanol–water partition coefficient (Wildman–Crippen LogP) is 9.03. The van der Waals surface area contributed by atoms with Gasteiger partial charge in [-0.05, 0) is 70.8 Å². The van der Waals surface area contributed by atoms with Crippen LogP contribution in [0.4, 0.5) is 0 Å². The van der Waals surface area contributed by atoms with Crippen molar-refractivity contribution < 1.29 is 4.42 Å². The third-order valence-electron chi connectivity index (χ3n) is 6.19. The molecule has 0 spiro atoms. The maximum Gasteiger partial charge on any atom is 0.139 e. The van der Waals surface area contributed by atoms with Crippen LogP contribution in [0.25, 0.3) is 44.3 Å². The van der Waals surface area contributed by atoms with Crippen molar-refractivity contribution in [1.29, 1.82) is 0 Å². The standard InChI is InChI=1S/C31H31NO/c1-20(2)29-24(22-9-7-6-8-10-22)12-13-25-26-18-23(11-14-28(26)33-30(25)29)27-17-21(15-16-32-27)19-31(3,4)5/h6-18,20H,19H2,1-5H3. The Bertz CT molecular complexity index is 1440. The van der Waals surface area contributed by atoms with Crippen LogP contribution in [0.15, 0.2) is 83.4 Å². The molecule has 0 N–H and O–H groups in total. The molecule has 0 unspecified atom stereocenters. The normalized spacial score (nSPS) is 12.2. The molecule has 33 heavy (non-hydrogen) atoms. The van der Waals surface area contributed by atoms with Crippen molar-refractivity contribution in [3.63, 3.8) is 0 Å². The number of hydrogen-bond acceptors (Lipinski definition) is 2. The van der Waals surface area contributed by atoms with Gasteiger partial charge < -0.3 is 4.42 Å². The molecule has 2 aromatic heterocycles. The molecule has 0 aliphatic heterocycles. The van der Waals surface area contributed by atoms with Crippen LogP contribution in [0.5, 0.6) is 0 Å². The van der Waals surface area contributed by atoms with Crippen molar-refractivity contribution >= 4 is 21.9 Å². The number of aromatic nitrogens is 1. The first kappa shape index (κ1) is 21.5. The lowest BCUT2D eigenvalue weighted by atomic mass is 9.88. The second-order valence-corrected chi connectivity index (χ2v) is 10.5. The summed E-state index contributed by atoms with van der Waals surface area (Å²) in [5.41, 5.74) is 9.35. The third kappa shape index (κ3) is 4.18. The first-order valence-electron chi connectivity index (χ1n) is 11.8. The van der Waals surface area contributed by atoms with Gasteiger partial charge in [-0.15, -0.1) is 0 Å². The molecule has 0 bridgehead atoms. The highest BCUT2D eigenvalue weighted by molar-refractivity contribution is 6.08. The van der Waals surface area contributed by atoms with Crippen LogP contribution in [0.1, 0.15) is 51.7 Å². The Hall–Kier alpha value is -3.39. The lowest BCUT2D eigenvalue weighted by Crippen LogP contribution is -2.09. The molecule has 0 saturated heterocycles. The average Bonchev–Trinajstić information content (AvgIpc) is 3.15. The van der Waals surface area contributed by atoms with Gasteiger partial charge in [-0.1, -0.05) is 71.0 Å². The fourth-order valence-electron chi connectivity index (χ4n) is 4.82. The lowest BCUT2D eigenvalue weighted by molar-refractivity contribution is 0.411. The van der Waals surface area contributed by atoms with E-state index < -0.39 is 0 Å². The molecule has 0 fully saturated rings. The molecule has 0 aliphatic carbocycles. The Balaban J connectivity index is 1.66. The van der Waals surface area contributed by atoms with E-state index in [1.54, 1.807) is 0 Å². The van der Waals surface area contributed by atoms with Gasteiger partial charge in [-0.2, -0.15) is 0 Å². The van der Waals surface area contributed by atoms with E-state index >= 15 is 0 Å². The monoisotopic (exact) mass is 433 g/mol. The summed E-state index contributed by atoms with van der Waals surface area (Å²) in [6.07, 6.45) is 2.95. The molecular formula is C31H31NO. The summed E-state index contributed by atoms with van der Waals surface area (Å²) in [4.78, 5) is 4.68. The molecule has 5 aromatic rings. The molecular weight excluding hydrogens is 402 g/mol. The quantitative estimate of drug-likeness (QED) is 0.282. The summed E-state index contributed by atoms with van der Waals surface area (Å²) in [5, 5.41) is 2.31. The molecule has 2 nitrogen and oxygen atoms in total. The fraction of sp³-hybridized carbons (Fsp3) is 0.258. The zero-order chi connectivity index (χ0) is 23.2. The van der Waals surface area contributed by atoms with E-state index in [-0.39, 0.29) is 5.41 Å². The highest BCUT2D eigenvalue weighted by atomic mass is 16.3. The van der Waals surface area contributed by atoms with Crippen molar-refractivity contribution in [2.45, 2.75) is 47.0 Å². The second kappa shape index (κ2) is 8.19. The second-order valence-electron chi connectivity index (χ2n) is 10.5. The first-order valence-corrected chi connectivity index (χ1v) is 11.8. The van der Waals surface area contributed by atoms with Crippen LogP contribution < -0.4 is 0 Å². The van der Waals surface area contributed by atoms with E-state index in [0.29, 0.717) is 5.92 Å². The van der Waals surface area contributed by atoms with Crippen molar-refractivity contribution in [2.24, 2.45) is 5.41 Å². The molecule has 2 heterocycles.